The van der Waals surface area contributed by atoms with Crippen molar-refractivity contribution in [1.82, 2.24) is 4.90 Å². The van der Waals surface area contributed by atoms with E-state index < -0.39 is 0 Å². The number of rotatable bonds is 4. The van der Waals surface area contributed by atoms with Gasteiger partial charge in [-0.15, -0.1) is 11.3 Å². The van der Waals surface area contributed by atoms with Crippen LogP contribution in [0.1, 0.15) is 43.0 Å². The molecule has 3 heteroatoms. The average molecular weight is 302 g/mol. The highest BCUT2D eigenvalue weighted by molar-refractivity contribution is 7.19. The molecule has 0 radical (unpaired) electrons. The number of nitrogens with two attached hydrogens (primary N) is 1. The van der Waals surface area contributed by atoms with Gasteiger partial charge in [0, 0.05) is 22.7 Å². The van der Waals surface area contributed by atoms with E-state index in [-0.39, 0.29) is 0 Å². The van der Waals surface area contributed by atoms with E-state index in [2.05, 4.69) is 36.1 Å². The van der Waals surface area contributed by atoms with Crippen molar-refractivity contribution < 1.29 is 0 Å². The minimum atomic E-state index is 0.667. The number of thiophene rings is 1. The predicted molar refractivity (Wildman–Crippen MR) is 92.6 cm³/mol. The van der Waals surface area contributed by atoms with Gasteiger partial charge < -0.3 is 5.73 Å². The van der Waals surface area contributed by atoms with Crippen molar-refractivity contribution in [2.24, 2.45) is 11.7 Å². The van der Waals surface area contributed by atoms with Crippen LogP contribution in [-0.2, 0) is 13.1 Å². The lowest BCUT2D eigenvalue weighted by Crippen LogP contribution is -2.24. The van der Waals surface area contributed by atoms with Crippen LogP contribution in [0.4, 0.5) is 0 Å². The number of hydrogen-bond acceptors (Lipinski definition) is 3. The molecule has 1 saturated heterocycles. The third kappa shape index (κ3) is 3.31. The van der Waals surface area contributed by atoms with E-state index in [9.17, 15) is 0 Å². The van der Waals surface area contributed by atoms with Crippen molar-refractivity contribution in [3.8, 4) is 0 Å². The van der Waals surface area contributed by atoms with E-state index in [4.69, 9.17) is 5.73 Å². The SMILES string of the molecule is CCC1CCCN(Cc2c(CN)sc3ccccc23)CC1. The summed E-state index contributed by atoms with van der Waals surface area (Å²) in [5, 5.41) is 1.42. The summed E-state index contributed by atoms with van der Waals surface area (Å²) in [4.78, 5) is 4.01. The molecule has 0 aliphatic carbocycles. The van der Waals surface area contributed by atoms with Gasteiger partial charge in [0.1, 0.15) is 0 Å². The van der Waals surface area contributed by atoms with E-state index in [1.165, 1.54) is 59.3 Å². The summed E-state index contributed by atoms with van der Waals surface area (Å²) in [6.07, 6.45) is 5.44. The summed E-state index contributed by atoms with van der Waals surface area (Å²) < 4.78 is 1.38. The fraction of sp³-hybridized carbons (Fsp3) is 0.556. The Labute approximate surface area is 131 Å². The third-order valence-electron chi connectivity index (χ3n) is 4.87. The number of benzene rings is 1. The molecule has 2 aromatic rings. The summed E-state index contributed by atoms with van der Waals surface area (Å²) in [5.74, 6) is 0.934. The maximum atomic E-state index is 5.99. The molecular formula is C18H26N2S. The van der Waals surface area contributed by atoms with Crippen LogP contribution < -0.4 is 5.73 Å². The second kappa shape index (κ2) is 6.91. The van der Waals surface area contributed by atoms with Crippen molar-refractivity contribution in [2.45, 2.75) is 45.7 Å². The molecule has 2 heterocycles. The van der Waals surface area contributed by atoms with Crippen molar-refractivity contribution in [2.75, 3.05) is 13.1 Å². The van der Waals surface area contributed by atoms with Gasteiger partial charge in [-0.25, -0.2) is 0 Å². The van der Waals surface area contributed by atoms with Crippen LogP contribution in [-0.4, -0.2) is 18.0 Å². The highest BCUT2D eigenvalue weighted by atomic mass is 32.1. The molecule has 1 aliphatic heterocycles. The van der Waals surface area contributed by atoms with E-state index >= 15 is 0 Å². The lowest BCUT2D eigenvalue weighted by molar-refractivity contribution is 0.272. The first-order chi connectivity index (χ1) is 10.3. The zero-order valence-corrected chi connectivity index (χ0v) is 13.8. The molecule has 0 amide bonds. The third-order valence-corrected chi connectivity index (χ3v) is 6.10. The quantitative estimate of drug-likeness (QED) is 0.908. The molecule has 21 heavy (non-hydrogen) atoms. The maximum Gasteiger partial charge on any atom is 0.0349 e. The van der Waals surface area contributed by atoms with Crippen molar-refractivity contribution in [1.29, 1.82) is 0 Å². The van der Waals surface area contributed by atoms with Crippen LogP contribution in [0.15, 0.2) is 24.3 Å². The van der Waals surface area contributed by atoms with Gasteiger partial charge in [0.25, 0.3) is 0 Å². The highest BCUT2D eigenvalue weighted by Gasteiger charge is 2.18. The Balaban J connectivity index is 1.80. The Hall–Kier alpha value is -0.900. The summed E-state index contributed by atoms with van der Waals surface area (Å²) in [5.41, 5.74) is 7.47. The monoisotopic (exact) mass is 302 g/mol. The average Bonchev–Trinajstić information content (AvgIpc) is 2.71. The molecule has 1 aliphatic rings. The molecule has 2 nitrogen and oxygen atoms in total. The lowest BCUT2D eigenvalue weighted by Gasteiger charge is -2.20. The summed E-state index contributed by atoms with van der Waals surface area (Å²) in [7, 11) is 0. The van der Waals surface area contributed by atoms with Crippen LogP contribution in [0.2, 0.25) is 0 Å². The highest BCUT2D eigenvalue weighted by Crippen LogP contribution is 2.32. The molecule has 1 unspecified atom stereocenters. The fourth-order valence-corrected chi connectivity index (χ4v) is 4.60. The molecule has 114 valence electrons. The maximum absolute atomic E-state index is 5.99. The van der Waals surface area contributed by atoms with Gasteiger partial charge >= 0.3 is 0 Å². The van der Waals surface area contributed by atoms with Gasteiger partial charge in [-0.05, 0) is 55.3 Å². The topological polar surface area (TPSA) is 29.3 Å². The predicted octanol–water partition coefficient (Wildman–Crippen LogP) is 4.37. The molecule has 0 saturated carbocycles. The first-order valence-corrected chi connectivity index (χ1v) is 9.05. The Kier molecular flexibility index (Phi) is 4.94. The zero-order valence-electron chi connectivity index (χ0n) is 13.0. The number of likely N-dealkylation sites (tertiary alicyclic amines) is 1. The summed E-state index contributed by atoms with van der Waals surface area (Å²) in [6, 6.07) is 8.75. The second-order valence-electron chi connectivity index (χ2n) is 6.19. The largest absolute Gasteiger partial charge is 0.326 e. The summed E-state index contributed by atoms with van der Waals surface area (Å²) in [6.45, 7) is 6.56. The Morgan fingerprint density at radius 2 is 2.10 bits per heavy atom. The van der Waals surface area contributed by atoms with E-state index in [0.29, 0.717) is 6.54 Å². The molecule has 2 N–H and O–H groups in total. The van der Waals surface area contributed by atoms with E-state index in [1.54, 1.807) is 0 Å². The van der Waals surface area contributed by atoms with Gasteiger partial charge in [-0.1, -0.05) is 31.5 Å². The van der Waals surface area contributed by atoms with Crippen molar-refractivity contribution in [3.63, 3.8) is 0 Å². The molecule has 1 aromatic heterocycles. The standard InChI is InChI=1S/C18H26N2S/c1-2-14-6-5-10-20(11-9-14)13-16-15-7-3-4-8-17(15)21-18(16)12-19/h3-4,7-8,14H,2,5-6,9-13,19H2,1H3. The van der Waals surface area contributed by atoms with Gasteiger partial charge in [-0.3, -0.25) is 4.90 Å². The van der Waals surface area contributed by atoms with Crippen LogP contribution in [0.5, 0.6) is 0 Å². The normalized spacial score (nSPS) is 20.8. The van der Waals surface area contributed by atoms with Gasteiger partial charge in [0.2, 0.25) is 0 Å². The first-order valence-electron chi connectivity index (χ1n) is 8.23. The van der Waals surface area contributed by atoms with Crippen molar-refractivity contribution >= 4 is 21.4 Å². The number of nitrogens with zero attached hydrogens (tertiary/aromatic N) is 1. The Morgan fingerprint density at radius 1 is 1.24 bits per heavy atom. The molecule has 0 bridgehead atoms. The molecular weight excluding hydrogens is 276 g/mol. The number of hydrogen-bond donors (Lipinski definition) is 1. The molecule has 1 aromatic carbocycles. The Bertz CT molecular complexity index is 590. The minimum absolute atomic E-state index is 0.667. The zero-order chi connectivity index (χ0) is 14.7. The molecule has 0 spiro atoms. The van der Waals surface area contributed by atoms with Crippen LogP contribution >= 0.6 is 11.3 Å². The molecule has 3 rings (SSSR count). The molecule has 1 fully saturated rings. The van der Waals surface area contributed by atoms with E-state index in [0.717, 1.165) is 12.5 Å². The summed E-state index contributed by atoms with van der Waals surface area (Å²) >= 11 is 1.87. The van der Waals surface area contributed by atoms with Crippen LogP contribution in [0, 0.1) is 5.92 Å². The first kappa shape index (κ1) is 15.0. The van der Waals surface area contributed by atoms with Gasteiger partial charge in [0.05, 0.1) is 0 Å². The smallest absolute Gasteiger partial charge is 0.0349 e. The van der Waals surface area contributed by atoms with E-state index in [1.807, 2.05) is 11.3 Å². The van der Waals surface area contributed by atoms with Gasteiger partial charge in [0.15, 0.2) is 0 Å². The van der Waals surface area contributed by atoms with Crippen LogP contribution in [0.3, 0.4) is 0 Å². The second-order valence-corrected chi connectivity index (χ2v) is 7.32. The Morgan fingerprint density at radius 3 is 2.90 bits per heavy atom. The van der Waals surface area contributed by atoms with Gasteiger partial charge in [-0.2, -0.15) is 0 Å². The number of fused-ring (bicyclic) bond motifs is 1. The lowest BCUT2D eigenvalue weighted by atomic mass is 9.98. The van der Waals surface area contributed by atoms with Crippen LogP contribution in [0.25, 0.3) is 10.1 Å². The molecule has 1 atom stereocenters. The van der Waals surface area contributed by atoms with Crippen molar-refractivity contribution in [3.05, 3.63) is 34.7 Å². The fourth-order valence-electron chi connectivity index (χ4n) is 3.50. The minimum Gasteiger partial charge on any atom is -0.326 e.